The van der Waals surface area contributed by atoms with Crippen LogP contribution in [0.2, 0.25) is 0 Å². The van der Waals surface area contributed by atoms with E-state index in [1.807, 2.05) is 17.8 Å². The number of hydrogen-bond acceptors (Lipinski definition) is 4. The number of halogens is 1. The average Bonchev–Trinajstić information content (AvgIpc) is 2.35. The van der Waals surface area contributed by atoms with Gasteiger partial charge in [-0.1, -0.05) is 13.0 Å². The molecule has 0 aliphatic heterocycles. The van der Waals surface area contributed by atoms with E-state index in [1.54, 1.807) is 12.1 Å². The lowest BCUT2D eigenvalue weighted by Gasteiger charge is -2.05. The number of nitrogens with one attached hydrogen (secondary N) is 1. The highest BCUT2D eigenvalue weighted by molar-refractivity contribution is 9.10. The summed E-state index contributed by atoms with van der Waals surface area (Å²) in [6.07, 6.45) is 1.12. The van der Waals surface area contributed by atoms with Gasteiger partial charge in [-0.05, 0) is 52.0 Å². The van der Waals surface area contributed by atoms with Gasteiger partial charge in [-0.25, -0.2) is 0 Å². The van der Waals surface area contributed by atoms with Crippen molar-refractivity contribution in [3.05, 3.63) is 38.3 Å². The summed E-state index contributed by atoms with van der Waals surface area (Å²) in [5.74, 6) is 2.31. The van der Waals surface area contributed by atoms with Crippen LogP contribution in [0.3, 0.4) is 0 Å². The van der Waals surface area contributed by atoms with E-state index in [-0.39, 0.29) is 10.6 Å². The molecule has 18 heavy (non-hydrogen) atoms. The summed E-state index contributed by atoms with van der Waals surface area (Å²) in [6.45, 7) is 3.76. The fraction of sp³-hybridized carbons (Fsp3) is 0.500. The normalized spacial score (nSPS) is 10.6. The Morgan fingerprint density at radius 2 is 2.28 bits per heavy atom. The molecular formula is C12H17BrN2O2S. The van der Waals surface area contributed by atoms with E-state index >= 15 is 0 Å². The Balaban J connectivity index is 2.38. The van der Waals surface area contributed by atoms with Gasteiger partial charge >= 0.3 is 0 Å². The zero-order valence-electron chi connectivity index (χ0n) is 10.3. The van der Waals surface area contributed by atoms with Gasteiger partial charge in [-0.2, -0.15) is 11.8 Å². The maximum atomic E-state index is 10.8. The first kappa shape index (κ1) is 15.5. The van der Waals surface area contributed by atoms with Crippen molar-refractivity contribution in [3.8, 4) is 0 Å². The third-order valence-electron chi connectivity index (χ3n) is 2.38. The van der Waals surface area contributed by atoms with Gasteiger partial charge in [0.15, 0.2) is 0 Å². The summed E-state index contributed by atoms with van der Waals surface area (Å²) in [6, 6.07) is 5.23. The molecule has 0 bridgehead atoms. The first-order valence-electron chi connectivity index (χ1n) is 5.86. The Morgan fingerprint density at radius 1 is 1.50 bits per heavy atom. The Labute approximate surface area is 120 Å². The van der Waals surface area contributed by atoms with Crippen molar-refractivity contribution >= 4 is 33.4 Å². The Kier molecular flexibility index (Phi) is 7.31. The minimum atomic E-state index is -0.370. The van der Waals surface area contributed by atoms with Crippen LogP contribution >= 0.6 is 27.7 Å². The lowest BCUT2D eigenvalue weighted by molar-refractivity contribution is -0.385. The SMILES string of the molecule is CCSCCCNCc1ccc(Br)c([N+](=O)[O-])c1. The molecule has 0 radical (unpaired) electrons. The predicted octanol–water partition coefficient (Wildman–Crippen LogP) is 3.59. The first-order chi connectivity index (χ1) is 8.65. The minimum absolute atomic E-state index is 0.121. The molecular weight excluding hydrogens is 316 g/mol. The van der Waals surface area contributed by atoms with Gasteiger partial charge in [0.2, 0.25) is 0 Å². The van der Waals surface area contributed by atoms with Crippen molar-refractivity contribution in [2.75, 3.05) is 18.1 Å². The monoisotopic (exact) mass is 332 g/mol. The molecule has 0 atom stereocenters. The maximum Gasteiger partial charge on any atom is 0.283 e. The summed E-state index contributed by atoms with van der Waals surface area (Å²) in [5.41, 5.74) is 1.06. The maximum absolute atomic E-state index is 10.8. The molecule has 0 fully saturated rings. The number of nitro benzene ring substituents is 1. The molecule has 0 heterocycles. The quantitative estimate of drug-likeness (QED) is 0.449. The van der Waals surface area contributed by atoms with Gasteiger partial charge < -0.3 is 5.32 Å². The third-order valence-corrected chi connectivity index (χ3v) is 4.04. The van der Waals surface area contributed by atoms with Gasteiger partial charge in [-0.15, -0.1) is 0 Å². The number of thioether (sulfide) groups is 1. The summed E-state index contributed by atoms with van der Waals surface area (Å²) >= 11 is 5.10. The molecule has 0 spiro atoms. The number of benzene rings is 1. The first-order valence-corrected chi connectivity index (χ1v) is 7.81. The molecule has 0 aliphatic carbocycles. The molecule has 6 heteroatoms. The molecule has 0 aliphatic rings. The van der Waals surface area contributed by atoms with Crippen molar-refractivity contribution in [1.82, 2.24) is 5.32 Å². The van der Waals surface area contributed by atoms with Crippen molar-refractivity contribution < 1.29 is 4.92 Å². The second-order valence-electron chi connectivity index (χ2n) is 3.77. The van der Waals surface area contributed by atoms with E-state index in [1.165, 1.54) is 0 Å². The molecule has 0 unspecified atom stereocenters. The summed E-state index contributed by atoms with van der Waals surface area (Å²) < 4.78 is 0.524. The zero-order valence-corrected chi connectivity index (χ0v) is 12.7. The van der Waals surface area contributed by atoms with Gasteiger partial charge in [0.05, 0.1) is 9.40 Å². The molecule has 4 nitrogen and oxygen atoms in total. The van der Waals surface area contributed by atoms with Gasteiger partial charge in [-0.3, -0.25) is 10.1 Å². The molecule has 0 saturated heterocycles. The Bertz CT molecular complexity index is 402. The molecule has 0 amide bonds. The number of rotatable bonds is 8. The fourth-order valence-electron chi connectivity index (χ4n) is 1.48. The van der Waals surface area contributed by atoms with Crippen LogP contribution in [-0.4, -0.2) is 23.0 Å². The van der Waals surface area contributed by atoms with Crippen LogP contribution in [0.25, 0.3) is 0 Å². The molecule has 0 saturated carbocycles. The summed E-state index contributed by atoms with van der Waals surface area (Å²) in [5, 5.41) is 14.1. The van der Waals surface area contributed by atoms with Crippen LogP contribution in [0, 0.1) is 10.1 Å². The average molecular weight is 333 g/mol. The predicted molar refractivity (Wildman–Crippen MR) is 80.1 cm³/mol. The zero-order chi connectivity index (χ0) is 13.4. The van der Waals surface area contributed by atoms with Crippen LogP contribution in [0.1, 0.15) is 18.9 Å². The molecule has 1 rings (SSSR count). The topological polar surface area (TPSA) is 55.2 Å². The lowest BCUT2D eigenvalue weighted by Crippen LogP contribution is -2.15. The Hall–Kier alpha value is -0.590. The lowest BCUT2D eigenvalue weighted by atomic mass is 10.2. The molecule has 1 aromatic carbocycles. The van der Waals surface area contributed by atoms with E-state index in [4.69, 9.17) is 0 Å². The van der Waals surface area contributed by atoms with Gasteiger partial charge in [0.1, 0.15) is 0 Å². The van der Waals surface area contributed by atoms with E-state index in [2.05, 4.69) is 28.2 Å². The standard InChI is InChI=1S/C12H17BrN2O2S/c1-2-18-7-3-6-14-9-10-4-5-11(13)12(8-10)15(16)17/h4-5,8,14H,2-3,6-7,9H2,1H3. The minimum Gasteiger partial charge on any atom is -0.313 e. The van der Waals surface area contributed by atoms with Crippen molar-refractivity contribution in [2.24, 2.45) is 0 Å². The van der Waals surface area contributed by atoms with Gasteiger partial charge in [0.25, 0.3) is 5.69 Å². The molecule has 1 aromatic rings. The van der Waals surface area contributed by atoms with E-state index in [0.29, 0.717) is 11.0 Å². The van der Waals surface area contributed by atoms with E-state index in [9.17, 15) is 10.1 Å². The Morgan fingerprint density at radius 3 is 2.94 bits per heavy atom. The number of nitrogens with zero attached hydrogens (tertiary/aromatic N) is 1. The van der Waals surface area contributed by atoms with Crippen molar-refractivity contribution in [1.29, 1.82) is 0 Å². The van der Waals surface area contributed by atoms with E-state index in [0.717, 1.165) is 30.0 Å². The van der Waals surface area contributed by atoms with Crippen LogP contribution < -0.4 is 5.32 Å². The molecule has 0 aromatic heterocycles. The highest BCUT2D eigenvalue weighted by Gasteiger charge is 2.11. The summed E-state index contributed by atoms with van der Waals surface area (Å²) in [4.78, 5) is 10.4. The number of hydrogen-bond donors (Lipinski definition) is 1. The van der Waals surface area contributed by atoms with Crippen LogP contribution in [0.4, 0.5) is 5.69 Å². The van der Waals surface area contributed by atoms with Crippen molar-refractivity contribution in [3.63, 3.8) is 0 Å². The third kappa shape index (κ3) is 5.37. The van der Waals surface area contributed by atoms with Crippen molar-refractivity contribution in [2.45, 2.75) is 19.9 Å². The fourth-order valence-corrected chi connectivity index (χ4v) is 2.51. The smallest absolute Gasteiger partial charge is 0.283 e. The van der Waals surface area contributed by atoms with Crippen LogP contribution in [-0.2, 0) is 6.54 Å². The largest absolute Gasteiger partial charge is 0.313 e. The summed E-state index contributed by atoms with van der Waals surface area (Å²) in [7, 11) is 0. The van der Waals surface area contributed by atoms with E-state index < -0.39 is 0 Å². The molecule has 100 valence electrons. The second kappa shape index (κ2) is 8.50. The van der Waals surface area contributed by atoms with Crippen LogP contribution in [0.5, 0.6) is 0 Å². The molecule has 1 N–H and O–H groups in total. The van der Waals surface area contributed by atoms with Crippen LogP contribution in [0.15, 0.2) is 22.7 Å². The highest BCUT2D eigenvalue weighted by Crippen LogP contribution is 2.25. The van der Waals surface area contributed by atoms with Gasteiger partial charge in [0, 0.05) is 12.6 Å². The highest BCUT2D eigenvalue weighted by atomic mass is 79.9. The second-order valence-corrected chi connectivity index (χ2v) is 6.02. The number of nitro groups is 1.